The van der Waals surface area contributed by atoms with E-state index in [1.165, 1.54) is 5.56 Å². The molecule has 0 bridgehead atoms. The van der Waals surface area contributed by atoms with E-state index in [9.17, 15) is 4.79 Å². The van der Waals surface area contributed by atoms with Crippen LogP contribution in [-0.2, 0) is 0 Å². The van der Waals surface area contributed by atoms with Crippen molar-refractivity contribution in [2.45, 2.75) is 27.7 Å². The number of hydrogen-bond donors (Lipinski definition) is 2. The molecule has 0 saturated carbocycles. The van der Waals surface area contributed by atoms with Gasteiger partial charge in [0, 0.05) is 17.1 Å². The summed E-state index contributed by atoms with van der Waals surface area (Å²) in [6, 6.07) is 15.0. The maximum absolute atomic E-state index is 12.6. The highest BCUT2D eigenvalue weighted by Gasteiger charge is 2.12. The van der Waals surface area contributed by atoms with Crippen molar-refractivity contribution in [1.29, 1.82) is 0 Å². The average Bonchev–Trinajstić information content (AvgIpc) is 2.66. The fraction of sp³-hybridized carbons (Fsp3) is 0.227. The molecule has 3 aromatic rings. The van der Waals surface area contributed by atoms with Crippen molar-refractivity contribution in [2.75, 3.05) is 17.2 Å². The summed E-state index contributed by atoms with van der Waals surface area (Å²) in [6.45, 7) is 8.44. The summed E-state index contributed by atoms with van der Waals surface area (Å²) in [6.07, 6.45) is 0. The Labute approximate surface area is 165 Å². The molecule has 0 aliphatic rings. The third-order valence-electron chi connectivity index (χ3n) is 4.27. The molecule has 0 aliphatic heterocycles. The zero-order chi connectivity index (χ0) is 20.1. The molecule has 1 heterocycles. The summed E-state index contributed by atoms with van der Waals surface area (Å²) in [5.74, 6) is 0.893. The van der Waals surface area contributed by atoms with Crippen LogP contribution in [0.3, 0.4) is 0 Å². The number of anilines is 3. The van der Waals surface area contributed by atoms with E-state index in [0.717, 1.165) is 22.7 Å². The molecule has 0 saturated heterocycles. The van der Waals surface area contributed by atoms with Gasteiger partial charge in [-0.05, 0) is 81.3 Å². The van der Waals surface area contributed by atoms with Crippen molar-refractivity contribution in [3.05, 3.63) is 71.0 Å². The second-order valence-corrected chi connectivity index (χ2v) is 6.55. The van der Waals surface area contributed by atoms with Gasteiger partial charge in [0.2, 0.25) is 5.95 Å². The van der Waals surface area contributed by atoms with Crippen molar-refractivity contribution in [2.24, 2.45) is 0 Å². The number of benzene rings is 2. The number of nitrogens with zero attached hydrogens (tertiary/aromatic N) is 2. The Morgan fingerprint density at radius 2 is 1.64 bits per heavy atom. The number of hydrogen-bond acceptors (Lipinski definition) is 5. The molecular formula is C22H24N4O2. The largest absolute Gasteiger partial charge is 0.494 e. The van der Waals surface area contributed by atoms with E-state index in [2.05, 4.69) is 20.6 Å². The van der Waals surface area contributed by atoms with Crippen molar-refractivity contribution in [3.63, 3.8) is 0 Å². The Morgan fingerprint density at radius 3 is 2.32 bits per heavy atom. The summed E-state index contributed by atoms with van der Waals surface area (Å²) in [5.41, 5.74) is 4.86. The quantitative estimate of drug-likeness (QED) is 0.646. The molecular weight excluding hydrogens is 352 g/mol. The number of carbonyl (C=O) groups is 1. The molecule has 6 nitrogen and oxygen atoms in total. The Bertz CT molecular complexity index is 984. The van der Waals surface area contributed by atoms with Crippen molar-refractivity contribution < 1.29 is 9.53 Å². The fourth-order valence-electron chi connectivity index (χ4n) is 2.69. The van der Waals surface area contributed by atoms with E-state index < -0.39 is 0 Å². The summed E-state index contributed by atoms with van der Waals surface area (Å²) in [5, 5.41) is 6.02. The van der Waals surface area contributed by atoms with Crippen LogP contribution >= 0.6 is 0 Å². The molecule has 1 amide bonds. The van der Waals surface area contributed by atoms with E-state index >= 15 is 0 Å². The second kappa shape index (κ2) is 8.52. The number of carbonyl (C=O) groups excluding carboxylic acids is 1. The Balaban J connectivity index is 1.76. The topological polar surface area (TPSA) is 76.1 Å². The van der Waals surface area contributed by atoms with Gasteiger partial charge in [-0.1, -0.05) is 6.07 Å². The summed E-state index contributed by atoms with van der Waals surface area (Å²) < 4.78 is 5.44. The highest BCUT2D eigenvalue weighted by atomic mass is 16.5. The molecule has 144 valence electrons. The number of aryl methyl sites for hydroxylation is 3. The summed E-state index contributed by atoms with van der Waals surface area (Å²) in [4.78, 5) is 21.4. The van der Waals surface area contributed by atoms with Crippen LogP contribution in [0.15, 0.2) is 48.5 Å². The van der Waals surface area contributed by atoms with Crippen LogP contribution < -0.4 is 15.4 Å². The Hall–Kier alpha value is -3.41. The van der Waals surface area contributed by atoms with Gasteiger partial charge in [0.15, 0.2) is 0 Å². The lowest BCUT2D eigenvalue weighted by atomic mass is 10.1. The summed E-state index contributed by atoms with van der Waals surface area (Å²) in [7, 11) is 0. The molecule has 0 atom stereocenters. The van der Waals surface area contributed by atoms with Gasteiger partial charge in [-0.3, -0.25) is 4.79 Å². The first-order valence-corrected chi connectivity index (χ1v) is 9.19. The Morgan fingerprint density at radius 1 is 0.929 bits per heavy atom. The third-order valence-corrected chi connectivity index (χ3v) is 4.27. The third kappa shape index (κ3) is 4.85. The smallest absolute Gasteiger partial charge is 0.274 e. The predicted octanol–water partition coefficient (Wildman–Crippen LogP) is 4.80. The number of aromatic nitrogens is 2. The van der Waals surface area contributed by atoms with Crippen LogP contribution in [-0.4, -0.2) is 22.5 Å². The standard InChI is InChI=1S/C22H24N4O2/c1-5-28-19-10-8-17(9-11-19)25-22-23-16(4)13-20(26-22)21(27)24-18-7-6-14(2)15(3)12-18/h6-13H,5H2,1-4H3,(H,24,27)(H,23,25,26). The lowest BCUT2D eigenvalue weighted by Crippen LogP contribution is -2.15. The molecule has 0 radical (unpaired) electrons. The van der Waals surface area contributed by atoms with Gasteiger partial charge in [0.25, 0.3) is 5.91 Å². The minimum atomic E-state index is -0.275. The fourth-order valence-corrected chi connectivity index (χ4v) is 2.69. The van der Waals surface area contributed by atoms with Crippen molar-refractivity contribution in [3.8, 4) is 5.75 Å². The monoisotopic (exact) mass is 376 g/mol. The van der Waals surface area contributed by atoms with Crippen LogP contribution in [0.2, 0.25) is 0 Å². The van der Waals surface area contributed by atoms with Crippen LogP contribution in [0, 0.1) is 20.8 Å². The SMILES string of the molecule is CCOc1ccc(Nc2nc(C)cc(C(=O)Nc3ccc(C)c(C)c3)n2)cc1. The minimum absolute atomic E-state index is 0.275. The van der Waals surface area contributed by atoms with Crippen LogP contribution in [0.4, 0.5) is 17.3 Å². The van der Waals surface area contributed by atoms with E-state index in [1.807, 2.05) is 70.2 Å². The zero-order valence-electron chi connectivity index (χ0n) is 16.5. The maximum atomic E-state index is 12.6. The normalized spacial score (nSPS) is 10.4. The molecule has 3 rings (SSSR count). The molecule has 6 heteroatoms. The molecule has 0 aliphatic carbocycles. The van der Waals surface area contributed by atoms with Gasteiger partial charge in [-0.25, -0.2) is 9.97 Å². The first-order valence-electron chi connectivity index (χ1n) is 9.19. The maximum Gasteiger partial charge on any atom is 0.274 e. The Kier molecular flexibility index (Phi) is 5.89. The van der Waals surface area contributed by atoms with Gasteiger partial charge in [-0.15, -0.1) is 0 Å². The first-order chi connectivity index (χ1) is 13.4. The van der Waals surface area contributed by atoms with Crippen molar-refractivity contribution in [1.82, 2.24) is 9.97 Å². The molecule has 1 aromatic heterocycles. The first kappa shape index (κ1) is 19.4. The van der Waals surface area contributed by atoms with Gasteiger partial charge >= 0.3 is 0 Å². The van der Waals surface area contributed by atoms with Crippen LogP contribution in [0.25, 0.3) is 0 Å². The second-order valence-electron chi connectivity index (χ2n) is 6.55. The number of rotatable bonds is 6. The van der Waals surface area contributed by atoms with Gasteiger partial charge < -0.3 is 15.4 Å². The number of nitrogens with one attached hydrogen (secondary N) is 2. The van der Waals surface area contributed by atoms with E-state index in [-0.39, 0.29) is 5.91 Å². The average molecular weight is 376 g/mol. The highest BCUT2D eigenvalue weighted by molar-refractivity contribution is 6.03. The van der Waals surface area contributed by atoms with Crippen LogP contribution in [0.1, 0.15) is 34.2 Å². The van der Waals surface area contributed by atoms with E-state index in [1.54, 1.807) is 6.07 Å². The predicted molar refractivity (Wildman–Crippen MR) is 112 cm³/mol. The molecule has 0 fully saturated rings. The van der Waals surface area contributed by atoms with Gasteiger partial charge in [0.1, 0.15) is 11.4 Å². The van der Waals surface area contributed by atoms with Crippen molar-refractivity contribution >= 4 is 23.2 Å². The van der Waals surface area contributed by atoms with Gasteiger partial charge in [-0.2, -0.15) is 0 Å². The minimum Gasteiger partial charge on any atom is -0.494 e. The molecule has 2 N–H and O–H groups in total. The molecule has 0 unspecified atom stereocenters. The van der Waals surface area contributed by atoms with E-state index in [4.69, 9.17) is 4.74 Å². The number of ether oxygens (including phenoxy) is 1. The zero-order valence-corrected chi connectivity index (χ0v) is 16.5. The van der Waals surface area contributed by atoms with Gasteiger partial charge in [0.05, 0.1) is 6.61 Å². The highest BCUT2D eigenvalue weighted by Crippen LogP contribution is 2.19. The molecule has 0 spiro atoms. The molecule has 28 heavy (non-hydrogen) atoms. The number of amides is 1. The summed E-state index contributed by atoms with van der Waals surface area (Å²) >= 11 is 0. The lowest BCUT2D eigenvalue weighted by molar-refractivity contribution is 0.102. The lowest BCUT2D eigenvalue weighted by Gasteiger charge is -2.10. The van der Waals surface area contributed by atoms with E-state index in [0.29, 0.717) is 23.9 Å². The van der Waals surface area contributed by atoms with Crippen LogP contribution in [0.5, 0.6) is 5.75 Å². The molecule has 2 aromatic carbocycles.